The topological polar surface area (TPSA) is 78.3 Å². The molecule has 0 unspecified atom stereocenters. The molecule has 34 heavy (non-hydrogen) atoms. The van der Waals surface area contributed by atoms with Gasteiger partial charge in [0.25, 0.3) is 0 Å². The van der Waals surface area contributed by atoms with E-state index in [2.05, 4.69) is 15.5 Å². The van der Waals surface area contributed by atoms with Crippen molar-refractivity contribution in [3.05, 3.63) is 83.9 Å². The van der Waals surface area contributed by atoms with Gasteiger partial charge in [0.2, 0.25) is 12.7 Å². The number of carbonyl (C=O) groups excluding carboxylic acids is 1. The van der Waals surface area contributed by atoms with Gasteiger partial charge in [0, 0.05) is 17.8 Å². The maximum absolute atomic E-state index is 13.5. The molecule has 0 saturated heterocycles. The van der Waals surface area contributed by atoms with E-state index in [-0.39, 0.29) is 30.1 Å². The Morgan fingerprint density at radius 1 is 0.941 bits per heavy atom. The summed E-state index contributed by atoms with van der Waals surface area (Å²) in [7, 11) is 0. The fraction of sp³-hybridized carbons (Fsp3) is 0.125. The molecular weight excluding hydrogens is 462 g/mol. The van der Waals surface area contributed by atoms with Gasteiger partial charge >= 0.3 is 0 Å². The van der Waals surface area contributed by atoms with E-state index < -0.39 is 0 Å². The second-order valence-corrected chi connectivity index (χ2v) is 8.32. The van der Waals surface area contributed by atoms with Crippen LogP contribution in [0.3, 0.4) is 0 Å². The van der Waals surface area contributed by atoms with E-state index in [1.807, 2.05) is 12.1 Å². The second-order valence-electron chi connectivity index (χ2n) is 7.38. The van der Waals surface area contributed by atoms with E-state index in [4.69, 9.17) is 9.47 Å². The van der Waals surface area contributed by atoms with Crippen molar-refractivity contribution in [3.63, 3.8) is 0 Å². The molecule has 5 rings (SSSR count). The van der Waals surface area contributed by atoms with Gasteiger partial charge in [-0.1, -0.05) is 17.8 Å². The second kappa shape index (κ2) is 9.52. The molecule has 3 aromatic carbocycles. The summed E-state index contributed by atoms with van der Waals surface area (Å²) in [5.41, 5.74) is 2.14. The normalized spacial score (nSPS) is 12.1. The first-order chi connectivity index (χ1) is 16.6. The number of aromatic nitrogens is 3. The minimum Gasteiger partial charge on any atom is -0.454 e. The summed E-state index contributed by atoms with van der Waals surface area (Å²) in [6.07, 6.45) is 0. The number of rotatable bonds is 7. The molecule has 0 spiro atoms. The minimum atomic E-state index is -0.378. The van der Waals surface area contributed by atoms with Crippen LogP contribution < -0.4 is 14.8 Å². The minimum absolute atomic E-state index is 0.0906. The van der Waals surface area contributed by atoms with Gasteiger partial charge in [-0.15, -0.1) is 10.2 Å². The van der Waals surface area contributed by atoms with Crippen LogP contribution in [0.2, 0.25) is 0 Å². The maximum atomic E-state index is 13.5. The lowest BCUT2D eigenvalue weighted by Crippen LogP contribution is -2.24. The average molecular weight is 480 g/mol. The van der Waals surface area contributed by atoms with Crippen LogP contribution >= 0.6 is 11.8 Å². The van der Waals surface area contributed by atoms with Crippen LogP contribution in [0.25, 0.3) is 17.1 Å². The van der Waals surface area contributed by atoms with E-state index in [1.54, 1.807) is 34.9 Å². The zero-order valence-corrected chi connectivity index (χ0v) is 18.5. The van der Waals surface area contributed by atoms with Crippen LogP contribution in [0.15, 0.2) is 71.9 Å². The molecule has 7 nitrogen and oxygen atoms in total. The Morgan fingerprint density at radius 2 is 1.65 bits per heavy atom. The highest BCUT2D eigenvalue weighted by molar-refractivity contribution is 7.99. The number of fused-ring (bicyclic) bond motifs is 1. The zero-order chi connectivity index (χ0) is 23.5. The molecule has 1 aromatic heterocycles. The predicted molar refractivity (Wildman–Crippen MR) is 122 cm³/mol. The summed E-state index contributed by atoms with van der Waals surface area (Å²) in [6.45, 7) is 0.526. The van der Waals surface area contributed by atoms with Crippen LogP contribution in [0.1, 0.15) is 5.56 Å². The number of halogens is 2. The summed E-state index contributed by atoms with van der Waals surface area (Å²) >= 11 is 1.19. The highest BCUT2D eigenvalue weighted by Crippen LogP contribution is 2.32. The molecule has 0 saturated carbocycles. The van der Waals surface area contributed by atoms with E-state index in [0.717, 1.165) is 5.56 Å². The van der Waals surface area contributed by atoms with Gasteiger partial charge in [0.15, 0.2) is 22.5 Å². The summed E-state index contributed by atoms with van der Waals surface area (Å²) < 4.78 is 39.3. The van der Waals surface area contributed by atoms with Crippen LogP contribution in [0.5, 0.6) is 11.5 Å². The van der Waals surface area contributed by atoms with Gasteiger partial charge < -0.3 is 14.8 Å². The van der Waals surface area contributed by atoms with Crippen molar-refractivity contribution in [1.82, 2.24) is 20.1 Å². The van der Waals surface area contributed by atoms with Crippen molar-refractivity contribution in [2.24, 2.45) is 0 Å². The molecule has 1 N–H and O–H groups in total. The lowest BCUT2D eigenvalue weighted by atomic mass is 10.2. The number of hydrogen-bond donors (Lipinski definition) is 1. The van der Waals surface area contributed by atoms with Gasteiger partial charge in [-0.3, -0.25) is 9.36 Å². The SMILES string of the molecule is O=C(CSc1nnc(-c2ccc(F)cc2)n1-c1ccc(F)cc1)NCc1ccc2c(c1)OCO2. The molecular formula is C24H18F2N4O3S. The van der Waals surface area contributed by atoms with E-state index in [1.165, 1.54) is 36.0 Å². The van der Waals surface area contributed by atoms with Crippen molar-refractivity contribution in [3.8, 4) is 28.6 Å². The van der Waals surface area contributed by atoms with Crippen molar-refractivity contribution in [1.29, 1.82) is 0 Å². The first-order valence-electron chi connectivity index (χ1n) is 10.3. The average Bonchev–Trinajstić information content (AvgIpc) is 3.49. The van der Waals surface area contributed by atoms with Crippen LogP contribution in [-0.2, 0) is 11.3 Å². The van der Waals surface area contributed by atoms with E-state index in [0.29, 0.717) is 40.3 Å². The van der Waals surface area contributed by atoms with Crippen molar-refractivity contribution in [2.75, 3.05) is 12.5 Å². The largest absolute Gasteiger partial charge is 0.454 e. The number of ether oxygens (including phenoxy) is 2. The quantitative estimate of drug-likeness (QED) is 0.397. The summed E-state index contributed by atoms with van der Waals surface area (Å²) in [4.78, 5) is 12.5. The van der Waals surface area contributed by atoms with Gasteiger partial charge in [0.1, 0.15) is 11.6 Å². The standard InChI is InChI=1S/C24H18F2N4O3S/c25-17-4-2-16(3-5-17)23-28-29-24(30(23)19-8-6-18(26)7-9-19)34-13-22(31)27-12-15-1-10-20-21(11-15)33-14-32-20/h1-11H,12-14H2,(H,27,31). The third kappa shape index (κ3) is 4.72. The molecule has 0 bridgehead atoms. The number of carbonyl (C=O) groups is 1. The third-order valence-corrected chi connectivity index (χ3v) is 6.01. The first kappa shape index (κ1) is 21.9. The monoisotopic (exact) mass is 480 g/mol. The number of thioether (sulfide) groups is 1. The molecule has 0 aliphatic carbocycles. The number of amides is 1. The molecule has 1 aliphatic heterocycles. The molecule has 1 aliphatic rings. The van der Waals surface area contributed by atoms with Crippen LogP contribution in [0.4, 0.5) is 8.78 Å². The Morgan fingerprint density at radius 3 is 2.41 bits per heavy atom. The molecule has 172 valence electrons. The van der Waals surface area contributed by atoms with Crippen molar-refractivity contribution >= 4 is 17.7 Å². The predicted octanol–water partition coefficient (Wildman–Crippen LogP) is 4.35. The molecule has 0 atom stereocenters. The van der Waals surface area contributed by atoms with E-state index in [9.17, 15) is 13.6 Å². The first-order valence-corrected chi connectivity index (χ1v) is 11.3. The molecule has 0 fully saturated rings. The van der Waals surface area contributed by atoms with Gasteiger partial charge in [-0.05, 0) is 66.2 Å². The third-order valence-electron chi connectivity index (χ3n) is 5.08. The Hall–Kier alpha value is -3.92. The lowest BCUT2D eigenvalue weighted by molar-refractivity contribution is -0.118. The molecule has 0 radical (unpaired) electrons. The van der Waals surface area contributed by atoms with Crippen LogP contribution in [0, 0.1) is 11.6 Å². The Kier molecular flexibility index (Phi) is 6.13. The highest BCUT2D eigenvalue weighted by atomic mass is 32.2. The van der Waals surface area contributed by atoms with Crippen molar-refractivity contribution in [2.45, 2.75) is 11.7 Å². The van der Waals surface area contributed by atoms with Crippen LogP contribution in [-0.4, -0.2) is 33.2 Å². The van der Waals surface area contributed by atoms with Crippen molar-refractivity contribution < 1.29 is 23.0 Å². The lowest BCUT2D eigenvalue weighted by Gasteiger charge is -2.11. The number of benzene rings is 3. The fourth-order valence-electron chi connectivity index (χ4n) is 3.40. The van der Waals surface area contributed by atoms with E-state index >= 15 is 0 Å². The Labute approximate surface area is 197 Å². The van der Waals surface area contributed by atoms with Gasteiger partial charge in [-0.2, -0.15) is 0 Å². The Balaban J connectivity index is 1.31. The molecule has 4 aromatic rings. The zero-order valence-electron chi connectivity index (χ0n) is 17.7. The number of nitrogens with zero attached hydrogens (tertiary/aromatic N) is 3. The maximum Gasteiger partial charge on any atom is 0.231 e. The summed E-state index contributed by atoms with van der Waals surface area (Å²) in [5, 5.41) is 11.8. The smallest absolute Gasteiger partial charge is 0.231 e. The fourth-order valence-corrected chi connectivity index (χ4v) is 4.19. The van der Waals surface area contributed by atoms with Gasteiger partial charge in [0.05, 0.1) is 5.75 Å². The molecule has 1 amide bonds. The summed E-state index contributed by atoms with van der Waals surface area (Å²) in [5.74, 6) is 0.939. The number of hydrogen-bond acceptors (Lipinski definition) is 6. The molecule has 10 heteroatoms. The van der Waals surface area contributed by atoms with Gasteiger partial charge in [-0.25, -0.2) is 8.78 Å². The Bertz CT molecular complexity index is 1330. The summed E-state index contributed by atoms with van der Waals surface area (Å²) in [6, 6.07) is 17.2. The molecule has 2 heterocycles. The highest BCUT2D eigenvalue weighted by Gasteiger charge is 2.18. The number of nitrogens with one attached hydrogen (secondary N) is 1.